The van der Waals surface area contributed by atoms with Gasteiger partial charge >= 0.3 is 6.09 Å². The third kappa shape index (κ3) is 2.74. The molecule has 2 aromatic rings. The van der Waals surface area contributed by atoms with Gasteiger partial charge in [-0.25, -0.2) is 4.79 Å². The highest BCUT2D eigenvalue weighted by Gasteiger charge is 2.51. The van der Waals surface area contributed by atoms with E-state index in [2.05, 4.69) is 59.9 Å². The number of hydrogen-bond acceptors (Lipinski definition) is 3. The number of amides is 1. The molecular weight excluding hydrogens is 324 g/mol. The van der Waals surface area contributed by atoms with E-state index in [9.17, 15) is 4.79 Å². The number of benzene rings is 2. The van der Waals surface area contributed by atoms with Crippen LogP contribution in [0.1, 0.15) is 38.3 Å². The molecule has 2 aliphatic heterocycles. The molecule has 1 saturated heterocycles. The predicted octanol–water partition coefficient (Wildman–Crippen LogP) is 4.41. The van der Waals surface area contributed by atoms with E-state index < -0.39 is 5.60 Å². The summed E-state index contributed by atoms with van der Waals surface area (Å²) in [6.45, 7) is 7.06. The number of nitrogens with one attached hydrogen (secondary N) is 1. The SMILES string of the molecule is CC(C)(C)OC(=O)N1CCC2(c3ccccc3)c3ccccc3NC2C1. The first-order valence-electron chi connectivity index (χ1n) is 9.30. The molecule has 2 atom stereocenters. The average Bonchev–Trinajstić information content (AvgIpc) is 2.95. The summed E-state index contributed by atoms with van der Waals surface area (Å²) in [7, 11) is 0. The van der Waals surface area contributed by atoms with Gasteiger partial charge in [0.05, 0.1) is 6.04 Å². The maximum atomic E-state index is 12.6. The second-order valence-corrected chi connectivity index (χ2v) is 8.26. The number of para-hydroxylation sites is 1. The van der Waals surface area contributed by atoms with Crippen molar-refractivity contribution in [2.24, 2.45) is 0 Å². The van der Waals surface area contributed by atoms with Crippen molar-refractivity contribution in [2.45, 2.75) is 44.2 Å². The normalized spacial score (nSPS) is 24.4. The number of carbonyl (C=O) groups excluding carboxylic acids is 1. The van der Waals surface area contributed by atoms with Crippen molar-refractivity contribution in [1.29, 1.82) is 0 Å². The zero-order valence-corrected chi connectivity index (χ0v) is 15.7. The molecule has 4 nitrogen and oxygen atoms in total. The van der Waals surface area contributed by atoms with E-state index in [1.807, 2.05) is 25.7 Å². The van der Waals surface area contributed by atoms with Crippen LogP contribution < -0.4 is 5.32 Å². The second-order valence-electron chi connectivity index (χ2n) is 8.26. The van der Waals surface area contributed by atoms with Gasteiger partial charge in [-0.3, -0.25) is 0 Å². The molecule has 4 rings (SSSR count). The minimum Gasteiger partial charge on any atom is -0.444 e. The summed E-state index contributed by atoms with van der Waals surface area (Å²) in [4.78, 5) is 14.4. The first-order valence-corrected chi connectivity index (χ1v) is 9.30. The van der Waals surface area contributed by atoms with Crippen molar-refractivity contribution < 1.29 is 9.53 Å². The van der Waals surface area contributed by atoms with Crippen molar-refractivity contribution >= 4 is 11.8 Å². The highest BCUT2D eigenvalue weighted by Crippen LogP contribution is 2.50. The van der Waals surface area contributed by atoms with Crippen LogP contribution in [-0.4, -0.2) is 35.7 Å². The lowest BCUT2D eigenvalue weighted by atomic mass is 9.67. The fourth-order valence-electron chi connectivity index (χ4n) is 4.36. The fourth-order valence-corrected chi connectivity index (χ4v) is 4.36. The van der Waals surface area contributed by atoms with Gasteiger partial charge in [-0.2, -0.15) is 0 Å². The molecule has 2 heterocycles. The van der Waals surface area contributed by atoms with Crippen molar-refractivity contribution in [1.82, 2.24) is 4.90 Å². The third-order valence-electron chi connectivity index (χ3n) is 5.45. The Bertz CT molecular complexity index is 812. The van der Waals surface area contributed by atoms with E-state index in [1.165, 1.54) is 16.8 Å². The number of likely N-dealkylation sites (tertiary alicyclic amines) is 1. The van der Waals surface area contributed by atoms with Crippen LogP contribution in [0, 0.1) is 0 Å². The van der Waals surface area contributed by atoms with Crippen molar-refractivity contribution in [3.05, 3.63) is 65.7 Å². The van der Waals surface area contributed by atoms with E-state index in [4.69, 9.17) is 4.74 Å². The van der Waals surface area contributed by atoms with Gasteiger partial charge in [0, 0.05) is 24.2 Å². The number of rotatable bonds is 1. The van der Waals surface area contributed by atoms with Gasteiger partial charge in [0.2, 0.25) is 0 Å². The van der Waals surface area contributed by atoms with Gasteiger partial charge in [0.1, 0.15) is 5.60 Å². The molecule has 0 aromatic heterocycles. The zero-order chi connectivity index (χ0) is 18.4. The Hall–Kier alpha value is -2.49. The molecule has 26 heavy (non-hydrogen) atoms. The minimum absolute atomic E-state index is 0.101. The topological polar surface area (TPSA) is 41.6 Å². The Morgan fingerprint density at radius 2 is 1.81 bits per heavy atom. The van der Waals surface area contributed by atoms with Crippen LogP contribution in [0.15, 0.2) is 54.6 Å². The van der Waals surface area contributed by atoms with Crippen LogP contribution in [-0.2, 0) is 10.2 Å². The Balaban J connectivity index is 1.69. The molecule has 136 valence electrons. The lowest BCUT2D eigenvalue weighted by Crippen LogP contribution is -2.56. The summed E-state index contributed by atoms with van der Waals surface area (Å²) in [6, 6.07) is 19.3. The standard InChI is InChI=1S/C22H26N2O2/c1-21(2,3)26-20(25)24-14-13-22(16-9-5-4-6-10-16)17-11-7-8-12-18(17)23-19(22)15-24/h4-12,19,23H,13-15H2,1-3H3. The maximum Gasteiger partial charge on any atom is 0.410 e. The molecule has 1 N–H and O–H groups in total. The van der Waals surface area contributed by atoms with E-state index in [0.717, 1.165) is 6.42 Å². The molecule has 0 bridgehead atoms. The van der Waals surface area contributed by atoms with Crippen LogP contribution in [0.3, 0.4) is 0 Å². The maximum absolute atomic E-state index is 12.6. The quantitative estimate of drug-likeness (QED) is 0.828. The predicted molar refractivity (Wildman–Crippen MR) is 103 cm³/mol. The number of carbonyl (C=O) groups is 1. The third-order valence-corrected chi connectivity index (χ3v) is 5.45. The van der Waals surface area contributed by atoms with Crippen molar-refractivity contribution in [3.63, 3.8) is 0 Å². The summed E-state index contributed by atoms with van der Waals surface area (Å²) in [6.07, 6.45) is 0.655. The summed E-state index contributed by atoms with van der Waals surface area (Å²) in [5.41, 5.74) is 3.24. The van der Waals surface area contributed by atoms with E-state index in [0.29, 0.717) is 13.1 Å². The molecule has 2 aromatic carbocycles. The Morgan fingerprint density at radius 3 is 2.54 bits per heavy atom. The van der Waals surface area contributed by atoms with Gasteiger partial charge in [-0.15, -0.1) is 0 Å². The fraction of sp³-hybridized carbons (Fsp3) is 0.409. The molecule has 2 aliphatic rings. The molecule has 1 amide bonds. The number of anilines is 1. The molecule has 0 aliphatic carbocycles. The molecule has 0 spiro atoms. The van der Waals surface area contributed by atoms with E-state index >= 15 is 0 Å². The number of nitrogens with zero attached hydrogens (tertiary/aromatic N) is 1. The average molecular weight is 350 g/mol. The number of hydrogen-bond donors (Lipinski definition) is 1. The van der Waals surface area contributed by atoms with Crippen LogP contribution in [0.5, 0.6) is 0 Å². The molecular formula is C22H26N2O2. The van der Waals surface area contributed by atoms with E-state index in [1.54, 1.807) is 0 Å². The lowest BCUT2D eigenvalue weighted by Gasteiger charge is -2.44. The first kappa shape index (κ1) is 17.0. The largest absolute Gasteiger partial charge is 0.444 e. The van der Waals surface area contributed by atoms with Crippen LogP contribution in [0.25, 0.3) is 0 Å². The summed E-state index contributed by atoms with van der Waals surface area (Å²) in [5, 5.41) is 3.67. The molecule has 2 unspecified atom stereocenters. The monoisotopic (exact) mass is 350 g/mol. The smallest absolute Gasteiger partial charge is 0.410 e. The first-order chi connectivity index (χ1) is 12.4. The summed E-state index contributed by atoms with van der Waals surface area (Å²) < 4.78 is 5.60. The van der Waals surface area contributed by atoms with Gasteiger partial charge < -0.3 is 15.0 Å². The van der Waals surface area contributed by atoms with Gasteiger partial charge in [0.15, 0.2) is 0 Å². The zero-order valence-electron chi connectivity index (χ0n) is 15.7. The van der Waals surface area contributed by atoms with Gasteiger partial charge in [-0.1, -0.05) is 48.5 Å². The number of ether oxygens (including phenoxy) is 1. The Morgan fingerprint density at radius 1 is 1.12 bits per heavy atom. The Kier molecular flexibility index (Phi) is 3.94. The van der Waals surface area contributed by atoms with Gasteiger partial charge in [-0.05, 0) is 44.4 Å². The summed E-state index contributed by atoms with van der Waals surface area (Å²) >= 11 is 0. The van der Waals surface area contributed by atoms with Crippen LogP contribution in [0.4, 0.5) is 10.5 Å². The number of fused-ring (bicyclic) bond motifs is 3. The molecule has 0 saturated carbocycles. The van der Waals surface area contributed by atoms with E-state index in [-0.39, 0.29) is 17.6 Å². The second kappa shape index (κ2) is 6.04. The van der Waals surface area contributed by atoms with Gasteiger partial charge in [0.25, 0.3) is 0 Å². The minimum atomic E-state index is -0.475. The highest BCUT2D eigenvalue weighted by atomic mass is 16.6. The number of piperidine rings is 1. The molecule has 0 radical (unpaired) electrons. The summed E-state index contributed by atoms with van der Waals surface area (Å²) in [5.74, 6) is 0. The van der Waals surface area contributed by atoms with Crippen LogP contribution >= 0.6 is 0 Å². The van der Waals surface area contributed by atoms with Crippen LogP contribution in [0.2, 0.25) is 0 Å². The Labute approximate surface area is 155 Å². The van der Waals surface area contributed by atoms with Crippen molar-refractivity contribution in [2.75, 3.05) is 18.4 Å². The molecule has 1 fully saturated rings. The molecule has 4 heteroatoms. The highest BCUT2D eigenvalue weighted by molar-refractivity contribution is 5.71. The van der Waals surface area contributed by atoms with Crippen molar-refractivity contribution in [3.8, 4) is 0 Å². The lowest BCUT2D eigenvalue weighted by molar-refractivity contribution is 0.0170.